The van der Waals surface area contributed by atoms with Crippen molar-refractivity contribution in [2.24, 2.45) is 0 Å². The average Bonchev–Trinajstić information content (AvgIpc) is 2.31. The van der Waals surface area contributed by atoms with Crippen LogP contribution in [-0.4, -0.2) is 0 Å². The normalized spacial score (nSPS) is 10.8. The highest BCUT2D eigenvalue weighted by molar-refractivity contribution is 9.10. The van der Waals surface area contributed by atoms with E-state index in [0.717, 1.165) is 20.7 Å². The van der Waals surface area contributed by atoms with Crippen molar-refractivity contribution in [3.8, 4) is 0 Å². The highest BCUT2D eigenvalue weighted by Crippen LogP contribution is 2.15. The average molecular weight is 223 g/mol. The molecular weight excluding hydrogens is 216 g/mol. The van der Waals surface area contributed by atoms with Gasteiger partial charge >= 0.3 is 0 Å². The quantitative estimate of drug-likeness (QED) is 0.665. The summed E-state index contributed by atoms with van der Waals surface area (Å²) in [6.45, 7) is 7.61. The Morgan fingerprint density at radius 2 is 2.00 bits per heavy atom. The molecule has 2 rings (SSSR count). The van der Waals surface area contributed by atoms with Crippen LogP contribution in [0.25, 0.3) is 24.1 Å². The number of furan rings is 1. The Bertz CT molecular complexity index is 524. The van der Waals surface area contributed by atoms with Crippen molar-refractivity contribution in [1.29, 1.82) is 0 Å². The fourth-order valence-electron chi connectivity index (χ4n) is 1.17. The summed E-state index contributed by atoms with van der Waals surface area (Å²) in [5.74, 6) is 0. The summed E-state index contributed by atoms with van der Waals surface area (Å²) in [4.78, 5) is 0. The lowest BCUT2D eigenvalue weighted by atomic mass is 10.2. The van der Waals surface area contributed by atoms with Gasteiger partial charge < -0.3 is 4.42 Å². The van der Waals surface area contributed by atoms with Gasteiger partial charge in [-0.15, -0.1) is 0 Å². The molecule has 60 valence electrons. The number of benzene rings is 1. The van der Waals surface area contributed by atoms with Gasteiger partial charge in [0.25, 0.3) is 0 Å². The molecule has 0 saturated carbocycles. The number of rotatable bonds is 0. The van der Waals surface area contributed by atoms with Crippen molar-refractivity contribution < 1.29 is 4.42 Å². The van der Waals surface area contributed by atoms with Crippen LogP contribution in [0.5, 0.6) is 0 Å². The topological polar surface area (TPSA) is 13.1 Å². The van der Waals surface area contributed by atoms with E-state index < -0.39 is 0 Å². The van der Waals surface area contributed by atoms with E-state index in [1.54, 1.807) is 0 Å². The van der Waals surface area contributed by atoms with E-state index in [1.165, 1.54) is 0 Å². The predicted molar refractivity (Wildman–Crippen MR) is 54.2 cm³/mol. The zero-order chi connectivity index (χ0) is 8.72. The molecule has 0 N–H and O–H groups in total. The van der Waals surface area contributed by atoms with E-state index in [9.17, 15) is 0 Å². The van der Waals surface area contributed by atoms with Gasteiger partial charge in [-0.3, -0.25) is 0 Å². The first-order valence-electron chi connectivity index (χ1n) is 3.54. The molecule has 0 bridgehead atoms. The summed E-state index contributed by atoms with van der Waals surface area (Å²) in [6.07, 6.45) is 0. The molecule has 0 aliphatic heterocycles. The highest BCUT2D eigenvalue weighted by Gasteiger charge is 1.99. The van der Waals surface area contributed by atoms with E-state index >= 15 is 0 Å². The van der Waals surface area contributed by atoms with Crippen LogP contribution in [0.2, 0.25) is 0 Å². The molecule has 2 heteroatoms. The molecular formula is C10H7BrO. The van der Waals surface area contributed by atoms with E-state index in [1.807, 2.05) is 18.2 Å². The molecule has 2 aromatic rings. The first kappa shape index (κ1) is 7.62. The molecule has 1 aromatic carbocycles. The molecule has 0 spiro atoms. The van der Waals surface area contributed by atoms with E-state index in [0.29, 0.717) is 5.42 Å². The maximum Gasteiger partial charge on any atom is 0.135 e. The lowest BCUT2D eigenvalue weighted by Crippen LogP contribution is -2.15. The van der Waals surface area contributed by atoms with Crippen molar-refractivity contribution in [2.75, 3.05) is 0 Å². The van der Waals surface area contributed by atoms with Crippen molar-refractivity contribution in [3.05, 3.63) is 33.3 Å². The van der Waals surface area contributed by atoms with Gasteiger partial charge in [-0.2, -0.15) is 0 Å². The Morgan fingerprint density at radius 1 is 1.25 bits per heavy atom. The molecule has 0 radical (unpaired) electrons. The van der Waals surface area contributed by atoms with E-state index in [4.69, 9.17) is 4.42 Å². The van der Waals surface area contributed by atoms with Gasteiger partial charge in [-0.05, 0) is 18.2 Å². The third-order valence-corrected chi connectivity index (χ3v) is 2.33. The Kier molecular flexibility index (Phi) is 1.58. The third kappa shape index (κ3) is 0.994. The number of hydrogen-bond acceptors (Lipinski definition) is 1. The molecule has 1 heterocycles. The highest BCUT2D eigenvalue weighted by atomic mass is 79.9. The van der Waals surface area contributed by atoms with Crippen LogP contribution in [0.15, 0.2) is 27.1 Å². The van der Waals surface area contributed by atoms with Gasteiger partial charge in [-0.25, -0.2) is 0 Å². The number of halogens is 1. The van der Waals surface area contributed by atoms with Crippen LogP contribution in [0.4, 0.5) is 0 Å². The molecule has 0 saturated heterocycles. The van der Waals surface area contributed by atoms with Crippen molar-refractivity contribution in [1.82, 2.24) is 0 Å². The van der Waals surface area contributed by atoms with Gasteiger partial charge in [-0.1, -0.05) is 29.1 Å². The fraction of sp³-hybridized carbons (Fsp3) is 0. The molecule has 1 nitrogen and oxygen atoms in total. The van der Waals surface area contributed by atoms with E-state index in [-0.39, 0.29) is 0 Å². The van der Waals surface area contributed by atoms with Crippen LogP contribution in [0, 0.1) is 0 Å². The second-order valence-corrected chi connectivity index (χ2v) is 3.56. The van der Waals surface area contributed by atoms with Crippen molar-refractivity contribution >= 4 is 40.1 Å². The first-order valence-corrected chi connectivity index (χ1v) is 4.34. The molecule has 0 fully saturated rings. The van der Waals surface area contributed by atoms with Crippen LogP contribution in [0.3, 0.4) is 0 Å². The largest absolute Gasteiger partial charge is 0.457 e. The lowest BCUT2D eigenvalue weighted by molar-refractivity contribution is 0.577. The predicted octanol–water partition coefficient (Wildman–Crippen LogP) is 2.02. The third-order valence-electron chi connectivity index (χ3n) is 1.84. The number of hydrogen-bond donors (Lipinski definition) is 0. The van der Waals surface area contributed by atoms with E-state index in [2.05, 4.69) is 29.1 Å². The maximum atomic E-state index is 5.36. The fourth-order valence-corrected chi connectivity index (χ4v) is 1.53. The monoisotopic (exact) mass is 222 g/mol. The first-order chi connectivity index (χ1) is 5.68. The summed E-state index contributed by atoms with van der Waals surface area (Å²) in [5.41, 5.74) is 1.48. The summed E-state index contributed by atoms with van der Waals surface area (Å²) >= 11 is 3.39. The van der Waals surface area contributed by atoms with Gasteiger partial charge in [0.2, 0.25) is 0 Å². The summed E-state index contributed by atoms with van der Waals surface area (Å²) < 4.78 is 6.39. The SMILES string of the molecule is C=c1oc2ccc(Br)cc2c1=C. The standard InChI is InChI=1S/C10H7BrO/c1-6-7(2)12-10-4-3-8(11)5-9(6)10/h3-5H,1-2H2. The second-order valence-electron chi connectivity index (χ2n) is 2.64. The van der Waals surface area contributed by atoms with Crippen molar-refractivity contribution in [3.63, 3.8) is 0 Å². The molecule has 0 aliphatic carbocycles. The Morgan fingerprint density at radius 3 is 2.75 bits per heavy atom. The van der Waals surface area contributed by atoms with Crippen LogP contribution in [0.1, 0.15) is 0 Å². The van der Waals surface area contributed by atoms with Gasteiger partial charge in [0.1, 0.15) is 11.0 Å². The minimum atomic E-state index is 0.642. The Balaban J connectivity index is 3.08. The molecule has 12 heavy (non-hydrogen) atoms. The van der Waals surface area contributed by atoms with Gasteiger partial charge in [0.05, 0.1) is 0 Å². The van der Waals surface area contributed by atoms with Crippen LogP contribution in [-0.2, 0) is 0 Å². The molecule has 0 aliphatic rings. The zero-order valence-electron chi connectivity index (χ0n) is 6.43. The Hall–Kier alpha value is -1.02. The van der Waals surface area contributed by atoms with Crippen LogP contribution >= 0.6 is 15.9 Å². The number of fused-ring (bicyclic) bond motifs is 1. The minimum absolute atomic E-state index is 0.642. The molecule has 0 atom stereocenters. The lowest BCUT2D eigenvalue weighted by Gasteiger charge is -1.88. The summed E-state index contributed by atoms with van der Waals surface area (Å²) in [7, 11) is 0. The smallest absolute Gasteiger partial charge is 0.135 e. The molecule has 1 aromatic heterocycles. The van der Waals surface area contributed by atoms with Gasteiger partial charge in [0.15, 0.2) is 0 Å². The van der Waals surface area contributed by atoms with Crippen molar-refractivity contribution in [2.45, 2.75) is 0 Å². The minimum Gasteiger partial charge on any atom is -0.457 e. The maximum absolute atomic E-state index is 5.36. The summed E-state index contributed by atoms with van der Waals surface area (Å²) in [6, 6.07) is 5.82. The zero-order valence-corrected chi connectivity index (χ0v) is 8.02. The Labute approximate surface area is 78.1 Å². The summed E-state index contributed by atoms with van der Waals surface area (Å²) in [5, 5.41) is 1.89. The van der Waals surface area contributed by atoms with Crippen LogP contribution < -0.4 is 10.6 Å². The molecule has 0 amide bonds. The second kappa shape index (κ2) is 2.49. The van der Waals surface area contributed by atoms with Gasteiger partial charge in [0, 0.05) is 15.1 Å². The molecule has 0 unspecified atom stereocenters.